The molecular weight excluding hydrogens is 382 g/mol. The van der Waals surface area contributed by atoms with Crippen molar-refractivity contribution in [3.8, 4) is 0 Å². The molecule has 0 fully saturated rings. The van der Waals surface area contributed by atoms with Crippen LogP contribution in [0.3, 0.4) is 0 Å². The average molecular weight is 396 g/mol. The minimum Gasteiger partial charge on any atom is -0.271 e. The number of hydrazine groups is 1. The Labute approximate surface area is 145 Å². The van der Waals surface area contributed by atoms with Gasteiger partial charge in [-0.15, -0.1) is 0 Å². The minimum absolute atomic E-state index is 0.123. The summed E-state index contributed by atoms with van der Waals surface area (Å²) in [6, 6.07) is 6.59. The van der Waals surface area contributed by atoms with Gasteiger partial charge in [0.1, 0.15) is 17.9 Å². The molecule has 2 N–H and O–H groups in total. The number of rotatable bonds is 4. The second-order valence-electron chi connectivity index (χ2n) is 4.94. The van der Waals surface area contributed by atoms with Crippen LogP contribution in [-0.2, 0) is 11.3 Å². The predicted octanol–water partition coefficient (Wildman–Crippen LogP) is 1.63. The van der Waals surface area contributed by atoms with Crippen LogP contribution in [0.5, 0.6) is 0 Å². The van der Waals surface area contributed by atoms with Crippen molar-refractivity contribution in [2.45, 2.75) is 20.4 Å². The van der Waals surface area contributed by atoms with Crippen molar-refractivity contribution >= 4 is 33.4 Å². The Balaban J connectivity index is 1.96. The first-order valence-electron chi connectivity index (χ1n) is 6.82. The molecule has 0 atom stereocenters. The molecule has 1 aromatic carbocycles. The quantitative estimate of drug-likeness (QED) is 0.602. The second-order valence-corrected chi connectivity index (χ2v) is 5.86. The van der Waals surface area contributed by atoms with Gasteiger partial charge in [-0.1, -0.05) is 15.9 Å². The van der Waals surface area contributed by atoms with Gasteiger partial charge < -0.3 is 0 Å². The fourth-order valence-corrected chi connectivity index (χ4v) is 2.35. The summed E-state index contributed by atoms with van der Waals surface area (Å²) >= 11 is 3.26. The number of aromatic nitrogens is 2. The molecule has 1 heterocycles. The molecule has 0 aliphatic heterocycles. The number of amides is 2. The number of nitrogens with one attached hydrogen (secondary N) is 2. The van der Waals surface area contributed by atoms with Crippen molar-refractivity contribution in [3.63, 3.8) is 0 Å². The lowest BCUT2D eigenvalue weighted by Crippen LogP contribution is -2.43. The molecule has 2 aromatic rings. The fourth-order valence-electron chi connectivity index (χ4n) is 2.08. The molecule has 2 amide bonds. The Morgan fingerprint density at radius 2 is 1.88 bits per heavy atom. The Bertz CT molecular complexity index is 800. The first-order chi connectivity index (χ1) is 11.3. The summed E-state index contributed by atoms with van der Waals surface area (Å²) in [6.45, 7) is 2.75. The van der Waals surface area contributed by atoms with Gasteiger partial charge in [-0.25, -0.2) is 0 Å². The molecule has 0 radical (unpaired) electrons. The number of nitrogens with zero attached hydrogens (tertiary/aromatic N) is 3. The highest BCUT2D eigenvalue weighted by atomic mass is 79.9. The molecular formula is C14H14BrN5O4. The van der Waals surface area contributed by atoms with Gasteiger partial charge in [-0.05, 0) is 38.1 Å². The van der Waals surface area contributed by atoms with E-state index in [-0.39, 0.29) is 23.6 Å². The third-order valence-electron chi connectivity index (χ3n) is 3.24. The first-order valence-corrected chi connectivity index (χ1v) is 7.62. The zero-order valence-electron chi connectivity index (χ0n) is 12.9. The van der Waals surface area contributed by atoms with E-state index in [9.17, 15) is 19.7 Å². The third-order valence-corrected chi connectivity index (χ3v) is 3.77. The van der Waals surface area contributed by atoms with Crippen molar-refractivity contribution in [2.24, 2.45) is 0 Å². The minimum atomic E-state index is -0.555. The molecule has 0 saturated carbocycles. The van der Waals surface area contributed by atoms with Gasteiger partial charge in [0, 0.05) is 10.0 Å². The van der Waals surface area contributed by atoms with Gasteiger partial charge >= 0.3 is 5.69 Å². The van der Waals surface area contributed by atoms with Crippen LogP contribution in [0, 0.1) is 24.0 Å². The molecule has 0 saturated heterocycles. The highest BCUT2D eigenvalue weighted by Crippen LogP contribution is 2.21. The molecule has 0 aliphatic carbocycles. The largest absolute Gasteiger partial charge is 0.312 e. The highest BCUT2D eigenvalue weighted by molar-refractivity contribution is 9.10. The van der Waals surface area contributed by atoms with Gasteiger partial charge in [0.15, 0.2) is 0 Å². The Morgan fingerprint density at radius 1 is 1.25 bits per heavy atom. The number of benzene rings is 1. The smallest absolute Gasteiger partial charge is 0.271 e. The van der Waals surface area contributed by atoms with Crippen LogP contribution >= 0.6 is 15.9 Å². The lowest BCUT2D eigenvalue weighted by molar-refractivity contribution is -0.386. The number of nitro groups is 1. The molecule has 0 aliphatic rings. The van der Waals surface area contributed by atoms with E-state index >= 15 is 0 Å². The lowest BCUT2D eigenvalue weighted by Gasteiger charge is -2.08. The molecule has 9 nitrogen and oxygen atoms in total. The standard InChI is InChI=1S/C14H14BrN5O4/c1-8-13(20(23)24)9(2)19(18-8)7-12(21)16-17-14(22)10-3-5-11(15)6-4-10/h3-6H,7H2,1-2H3,(H,16,21)(H,17,22). The maximum absolute atomic E-state index is 11.9. The summed E-state index contributed by atoms with van der Waals surface area (Å²) in [4.78, 5) is 34.1. The molecule has 0 bridgehead atoms. The molecule has 2 rings (SSSR count). The van der Waals surface area contributed by atoms with Gasteiger partial charge in [0.05, 0.1) is 4.92 Å². The molecule has 0 spiro atoms. The van der Waals surface area contributed by atoms with E-state index in [0.717, 1.165) is 4.47 Å². The van der Waals surface area contributed by atoms with E-state index in [0.29, 0.717) is 5.56 Å². The number of hydrogen-bond acceptors (Lipinski definition) is 5. The zero-order valence-corrected chi connectivity index (χ0v) is 14.5. The van der Waals surface area contributed by atoms with Gasteiger partial charge in [-0.3, -0.25) is 35.2 Å². The van der Waals surface area contributed by atoms with Crippen LogP contribution in [-0.4, -0.2) is 26.5 Å². The topological polar surface area (TPSA) is 119 Å². The summed E-state index contributed by atoms with van der Waals surface area (Å²) in [7, 11) is 0. The maximum Gasteiger partial charge on any atom is 0.312 e. The van der Waals surface area contributed by atoms with Gasteiger partial charge in [0.2, 0.25) is 0 Å². The van der Waals surface area contributed by atoms with Crippen LogP contribution in [0.2, 0.25) is 0 Å². The summed E-state index contributed by atoms with van der Waals surface area (Å²) in [6.07, 6.45) is 0. The van der Waals surface area contributed by atoms with Crippen molar-refractivity contribution < 1.29 is 14.5 Å². The Hall–Kier alpha value is -2.75. The average Bonchev–Trinajstić information content (AvgIpc) is 2.79. The van der Waals surface area contributed by atoms with Crippen molar-refractivity contribution in [1.29, 1.82) is 0 Å². The monoisotopic (exact) mass is 395 g/mol. The van der Waals surface area contributed by atoms with Gasteiger partial charge in [-0.2, -0.15) is 5.10 Å². The van der Waals surface area contributed by atoms with E-state index in [1.807, 2.05) is 0 Å². The lowest BCUT2D eigenvalue weighted by atomic mass is 10.2. The number of carbonyl (C=O) groups excluding carboxylic acids is 2. The summed E-state index contributed by atoms with van der Waals surface area (Å²) in [5.41, 5.74) is 5.27. The number of carbonyl (C=O) groups is 2. The van der Waals surface area contributed by atoms with Gasteiger partial charge in [0.25, 0.3) is 11.8 Å². The Morgan fingerprint density at radius 3 is 2.42 bits per heavy atom. The van der Waals surface area contributed by atoms with E-state index in [2.05, 4.69) is 31.9 Å². The summed E-state index contributed by atoms with van der Waals surface area (Å²) < 4.78 is 2.04. The fraction of sp³-hybridized carbons (Fsp3) is 0.214. The SMILES string of the molecule is Cc1nn(CC(=O)NNC(=O)c2ccc(Br)cc2)c(C)c1[N+](=O)[O-]. The van der Waals surface area contributed by atoms with Crippen LogP contribution in [0.15, 0.2) is 28.7 Å². The molecule has 126 valence electrons. The third kappa shape index (κ3) is 3.96. The van der Waals surface area contributed by atoms with Crippen LogP contribution < -0.4 is 10.9 Å². The molecule has 1 aromatic heterocycles. The van der Waals surface area contributed by atoms with E-state index in [1.54, 1.807) is 24.3 Å². The van der Waals surface area contributed by atoms with Crippen LogP contribution in [0.4, 0.5) is 5.69 Å². The van der Waals surface area contributed by atoms with E-state index in [4.69, 9.17) is 0 Å². The van der Waals surface area contributed by atoms with Crippen LogP contribution in [0.25, 0.3) is 0 Å². The summed E-state index contributed by atoms with van der Waals surface area (Å²) in [5.74, 6) is -1.03. The van der Waals surface area contributed by atoms with E-state index < -0.39 is 16.7 Å². The van der Waals surface area contributed by atoms with Crippen molar-refractivity contribution in [1.82, 2.24) is 20.6 Å². The van der Waals surface area contributed by atoms with Crippen molar-refractivity contribution in [2.75, 3.05) is 0 Å². The number of aryl methyl sites for hydroxylation is 1. The second kappa shape index (κ2) is 7.21. The number of hydrogen-bond donors (Lipinski definition) is 2. The number of halogens is 1. The summed E-state index contributed by atoms with van der Waals surface area (Å²) in [5, 5.41) is 14.9. The van der Waals surface area contributed by atoms with E-state index in [1.165, 1.54) is 18.5 Å². The zero-order chi connectivity index (χ0) is 17.9. The van der Waals surface area contributed by atoms with Crippen molar-refractivity contribution in [3.05, 3.63) is 55.8 Å². The molecule has 10 heteroatoms. The first kappa shape index (κ1) is 17.6. The normalized spacial score (nSPS) is 10.3. The molecule has 0 unspecified atom stereocenters. The Kier molecular flexibility index (Phi) is 5.29. The van der Waals surface area contributed by atoms with Crippen LogP contribution in [0.1, 0.15) is 21.7 Å². The highest BCUT2D eigenvalue weighted by Gasteiger charge is 2.22. The molecule has 24 heavy (non-hydrogen) atoms. The maximum atomic E-state index is 11.9. The predicted molar refractivity (Wildman–Crippen MR) is 88.1 cm³/mol.